The molecule has 10 heteroatoms. The number of pyridine rings is 1. The van der Waals surface area contributed by atoms with Crippen molar-refractivity contribution in [3.8, 4) is 6.07 Å². The van der Waals surface area contributed by atoms with Crippen LogP contribution in [0.5, 0.6) is 0 Å². The van der Waals surface area contributed by atoms with Crippen molar-refractivity contribution in [1.29, 1.82) is 5.26 Å². The zero-order valence-corrected chi connectivity index (χ0v) is 23.9. The van der Waals surface area contributed by atoms with E-state index < -0.39 is 0 Å². The number of benzene rings is 1. The van der Waals surface area contributed by atoms with E-state index in [4.69, 9.17) is 12.2 Å². The minimum atomic E-state index is -0.302. The van der Waals surface area contributed by atoms with Gasteiger partial charge in [-0.05, 0) is 62.1 Å². The number of piperazine rings is 1. The Morgan fingerprint density at radius 3 is 2.36 bits per heavy atom. The van der Waals surface area contributed by atoms with Gasteiger partial charge in [-0.3, -0.25) is 19.1 Å². The molecule has 0 atom stereocenters. The highest BCUT2D eigenvalue weighted by molar-refractivity contribution is 8.26. The molecule has 1 saturated carbocycles. The summed E-state index contributed by atoms with van der Waals surface area (Å²) in [6.45, 7) is 6.90. The Balaban J connectivity index is 1.55. The first-order valence-corrected chi connectivity index (χ1v) is 14.8. The number of carbonyl (C=O) groups is 1. The maximum atomic E-state index is 13.5. The highest BCUT2D eigenvalue weighted by Gasteiger charge is 2.38. The van der Waals surface area contributed by atoms with Crippen LogP contribution in [0.4, 0.5) is 15.9 Å². The Kier molecular flexibility index (Phi) is 8.10. The van der Waals surface area contributed by atoms with Crippen LogP contribution in [-0.2, 0) is 11.3 Å². The molecule has 1 aliphatic carbocycles. The molecule has 2 saturated heterocycles. The van der Waals surface area contributed by atoms with E-state index in [1.165, 1.54) is 23.9 Å². The molecule has 1 amide bonds. The molecule has 3 aliphatic rings. The molecular weight excluding hydrogens is 533 g/mol. The molecule has 0 N–H and O–H groups in total. The molecular formula is C29H32FN5O2S2. The zero-order valence-electron chi connectivity index (χ0n) is 22.3. The van der Waals surface area contributed by atoms with E-state index in [9.17, 15) is 19.2 Å². The van der Waals surface area contributed by atoms with Gasteiger partial charge in [-0.1, -0.05) is 43.7 Å². The molecule has 3 heterocycles. The minimum absolute atomic E-state index is 0.0878. The molecule has 0 spiro atoms. The lowest BCUT2D eigenvalue weighted by Gasteiger charge is -2.39. The first-order valence-electron chi connectivity index (χ1n) is 13.5. The molecule has 1 aromatic carbocycles. The number of carbonyl (C=O) groups excluding carboxylic acids is 1. The van der Waals surface area contributed by atoms with Crippen molar-refractivity contribution in [2.45, 2.75) is 58.5 Å². The lowest BCUT2D eigenvalue weighted by molar-refractivity contribution is -0.123. The number of nitriles is 1. The highest BCUT2D eigenvalue weighted by Crippen LogP contribution is 2.39. The van der Waals surface area contributed by atoms with Crippen LogP contribution >= 0.6 is 24.0 Å². The van der Waals surface area contributed by atoms with E-state index in [1.807, 2.05) is 13.0 Å². The molecule has 2 aliphatic heterocycles. The average molecular weight is 566 g/mol. The summed E-state index contributed by atoms with van der Waals surface area (Å²) in [5.41, 5.74) is 2.06. The molecule has 39 heavy (non-hydrogen) atoms. The van der Waals surface area contributed by atoms with Gasteiger partial charge in [-0.25, -0.2) is 4.39 Å². The van der Waals surface area contributed by atoms with Crippen LogP contribution < -0.4 is 15.4 Å². The third-order valence-electron chi connectivity index (χ3n) is 7.85. The van der Waals surface area contributed by atoms with E-state index in [2.05, 4.69) is 15.9 Å². The van der Waals surface area contributed by atoms with Crippen molar-refractivity contribution in [2.24, 2.45) is 0 Å². The van der Waals surface area contributed by atoms with E-state index in [0.29, 0.717) is 47.5 Å². The van der Waals surface area contributed by atoms with Gasteiger partial charge in [0.05, 0.1) is 4.91 Å². The molecule has 3 fully saturated rings. The van der Waals surface area contributed by atoms with Gasteiger partial charge in [0.1, 0.15) is 27.6 Å². The van der Waals surface area contributed by atoms with Gasteiger partial charge in [0, 0.05) is 50.0 Å². The van der Waals surface area contributed by atoms with Gasteiger partial charge < -0.3 is 9.80 Å². The standard InChI is InChI=1S/C29H32FN5O2S2/c1-3-12-34-26(33-15-13-32(14-16-33)21-10-8-20(30)9-11-21)23(19(2)24(18-31)27(34)36)17-25-28(37)35(29(38)39-25)22-6-4-5-7-22/h8-11,17,22H,3-7,12-16H2,1-2H3/b25-17+. The van der Waals surface area contributed by atoms with Gasteiger partial charge in [0.15, 0.2) is 0 Å². The van der Waals surface area contributed by atoms with Gasteiger partial charge >= 0.3 is 0 Å². The summed E-state index contributed by atoms with van der Waals surface area (Å²) in [4.78, 5) is 33.7. The monoisotopic (exact) mass is 565 g/mol. The van der Waals surface area contributed by atoms with Gasteiger partial charge in [0.2, 0.25) is 0 Å². The molecule has 7 nitrogen and oxygen atoms in total. The fourth-order valence-electron chi connectivity index (χ4n) is 5.83. The number of rotatable bonds is 6. The van der Waals surface area contributed by atoms with Crippen LogP contribution in [0.2, 0.25) is 0 Å². The van der Waals surface area contributed by atoms with Crippen molar-refractivity contribution in [3.63, 3.8) is 0 Å². The molecule has 204 valence electrons. The average Bonchev–Trinajstić information content (AvgIpc) is 3.55. The van der Waals surface area contributed by atoms with E-state index in [0.717, 1.165) is 49.2 Å². The van der Waals surface area contributed by atoms with Crippen molar-refractivity contribution in [1.82, 2.24) is 9.47 Å². The summed E-state index contributed by atoms with van der Waals surface area (Å²) in [6, 6.07) is 8.75. The van der Waals surface area contributed by atoms with Gasteiger partial charge in [0.25, 0.3) is 11.5 Å². The number of nitrogens with zero attached hydrogens (tertiary/aromatic N) is 5. The first-order chi connectivity index (χ1) is 18.8. The largest absolute Gasteiger partial charge is 0.368 e. The minimum Gasteiger partial charge on any atom is -0.368 e. The molecule has 0 bridgehead atoms. The Morgan fingerprint density at radius 1 is 1.10 bits per heavy atom. The summed E-state index contributed by atoms with van der Waals surface area (Å²) in [5, 5.41) is 9.91. The Hall–Kier alpha value is -3.16. The number of anilines is 2. The van der Waals surface area contributed by atoms with Crippen molar-refractivity contribution in [2.75, 3.05) is 36.0 Å². The number of amides is 1. The van der Waals surface area contributed by atoms with Crippen molar-refractivity contribution >= 4 is 51.8 Å². The second-order valence-electron chi connectivity index (χ2n) is 10.2. The summed E-state index contributed by atoms with van der Waals surface area (Å²) < 4.78 is 15.7. The van der Waals surface area contributed by atoms with Crippen LogP contribution in [0.25, 0.3) is 6.08 Å². The zero-order chi connectivity index (χ0) is 27.7. The molecule has 1 aromatic heterocycles. The summed E-state index contributed by atoms with van der Waals surface area (Å²) in [5.74, 6) is 0.385. The quantitative estimate of drug-likeness (QED) is 0.359. The number of hydrogen-bond donors (Lipinski definition) is 0. The molecule has 5 rings (SSSR count). The third-order valence-corrected chi connectivity index (χ3v) is 9.18. The number of thioether (sulfide) groups is 1. The fraction of sp³-hybridized carbons (Fsp3) is 0.448. The molecule has 0 radical (unpaired) electrons. The lowest BCUT2D eigenvalue weighted by Crippen LogP contribution is -2.48. The lowest BCUT2D eigenvalue weighted by atomic mass is 10.0. The van der Waals surface area contributed by atoms with Gasteiger partial charge in [-0.15, -0.1) is 0 Å². The van der Waals surface area contributed by atoms with Crippen LogP contribution in [0.3, 0.4) is 0 Å². The van der Waals surface area contributed by atoms with Crippen LogP contribution in [0.1, 0.15) is 55.7 Å². The van der Waals surface area contributed by atoms with E-state index >= 15 is 0 Å². The van der Waals surface area contributed by atoms with Crippen LogP contribution in [0, 0.1) is 24.1 Å². The highest BCUT2D eigenvalue weighted by atomic mass is 32.2. The summed E-state index contributed by atoms with van der Waals surface area (Å²) in [7, 11) is 0. The Morgan fingerprint density at radius 2 is 1.74 bits per heavy atom. The number of thiocarbonyl (C=S) groups is 1. The second kappa shape index (κ2) is 11.5. The molecule has 2 aromatic rings. The second-order valence-corrected chi connectivity index (χ2v) is 11.9. The normalized spacial score (nSPS) is 19.4. The fourth-order valence-corrected chi connectivity index (χ4v) is 7.21. The number of halogens is 1. The predicted molar refractivity (Wildman–Crippen MR) is 159 cm³/mol. The molecule has 0 unspecified atom stereocenters. The van der Waals surface area contributed by atoms with Crippen LogP contribution in [-0.4, -0.2) is 51.9 Å². The summed E-state index contributed by atoms with van der Waals surface area (Å²) >= 11 is 6.93. The topological polar surface area (TPSA) is 72.6 Å². The number of aromatic nitrogens is 1. The maximum absolute atomic E-state index is 13.5. The van der Waals surface area contributed by atoms with Gasteiger partial charge in [-0.2, -0.15) is 5.26 Å². The smallest absolute Gasteiger partial charge is 0.270 e. The Bertz CT molecular complexity index is 1420. The predicted octanol–water partition coefficient (Wildman–Crippen LogP) is 5.05. The van der Waals surface area contributed by atoms with Crippen molar-refractivity contribution < 1.29 is 9.18 Å². The maximum Gasteiger partial charge on any atom is 0.270 e. The van der Waals surface area contributed by atoms with Crippen LogP contribution in [0.15, 0.2) is 34.0 Å². The first kappa shape index (κ1) is 27.4. The number of hydrogen-bond acceptors (Lipinski definition) is 7. The SMILES string of the molecule is CCCn1c(N2CCN(c3ccc(F)cc3)CC2)c(/C=C2/SC(=S)N(C3CCCC3)C2=O)c(C)c(C#N)c1=O. The van der Waals surface area contributed by atoms with E-state index in [1.54, 1.807) is 28.5 Å². The third kappa shape index (κ3) is 5.22. The Labute approximate surface area is 237 Å². The summed E-state index contributed by atoms with van der Waals surface area (Å²) in [6.07, 6.45) is 6.69. The van der Waals surface area contributed by atoms with Crippen molar-refractivity contribution in [3.05, 3.63) is 62.0 Å². The van der Waals surface area contributed by atoms with E-state index in [-0.39, 0.29) is 28.9 Å².